The van der Waals surface area contributed by atoms with Crippen molar-refractivity contribution >= 4 is 33.8 Å². The van der Waals surface area contributed by atoms with Crippen molar-refractivity contribution in [2.75, 3.05) is 13.1 Å². The fraction of sp³-hybridized carbons (Fsp3) is 0.200. The van der Waals surface area contributed by atoms with Crippen LogP contribution in [-0.2, 0) is 6.54 Å². The zero-order chi connectivity index (χ0) is 19.8. The van der Waals surface area contributed by atoms with Gasteiger partial charge in [-0.2, -0.15) is 0 Å². The van der Waals surface area contributed by atoms with Crippen molar-refractivity contribution in [1.82, 2.24) is 9.47 Å². The summed E-state index contributed by atoms with van der Waals surface area (Å²) in [6.07, 6.45) is 3.51. The molecule has 1 saturated heterocycles. The zero-order valence-electron chi connectivity index (χ0n) is 16.3. The topological polar surface area (TPSA) is 49.1 Å². The molecule has 5 rings (SSSR count). The van der Waals surface area contributed by atoms with Crippen molar-refractivity contribution in [2.45, 2.75) is 19.4 Å². The molecule has 0 radical (unpaired) electrons. The minimum absolute atomic E-state index is 0.107. The summed E-state index contributed by atoms with van der Waals surface area (Å²) < 4.78 is 2.13. The number of amides is 1. The molecule has 144 valence electrons. The Morgan fingerprint density at radius 3 is 2.55 bits per heavy atom. The number of nitrogens with one attached hydrogen (secondary N) is 1. The first-order valence-electron chi connectivity index (χ1n) is 10.1. The van der Waals surface area contributed by atoms with Crippen LogP contribution in [-0.4, -0.2) is 34.7 Å². The molecule has 0 atom stereocenters. The first-order valence-corrected chi connectivity index (χ1v) is 10.1. The Morgan fingerprint density at radius 2 is 1.72 bits per heavy atom. The Kier molecular flexibility index (Phi) is 4.39. The third-order valence-electron chi connectivity index (χ3n) is 5.92. The van der Waals surface area contributed by atoms with Crippen molar-refractivity contribution in [1.29, 1.82) is 5.41 Å². The summed E-state index contributed by atoms with van der Waals surface area (Å²) in [4.78, 5) is 15.3. The van der Waals surface area contributed by atoms with Crippen LogP contribution in [0.2, 0.25) is 0 Å². The number of benzene rings is 3. The van der Waals surface area contributed by atoms with Gasteiger partial charge in [-0.05, 0) is 46.9 Å². The number of carbonyl (C=O) groups is 1. The average Bonchev–Trinajstić information content (AvgIpc) is 3.42. The zero-order valence-corrected chi connectivity index (χ0v) is 16.3. The Hall–Kier alpha value is -3.40. The standard InChI is InChI=1S/C25H23N3O/c26-16-18-10-11-20-15-24(25(29)27-12-3-4-13-27)28(23(20)14-18)17-21-8-5-7-19-6-1-2-9-22(19)21/h1-2,5-11,14-16,26H,3-4,12-13,17H2. The Morgan fingerprint density at radius 1 is 0.931 bits per heavy atom. The van der Waals surface area contributed by atoms with Crippen LogP contribution in [0.25, 0.3) is 21.7 Å². The molecule has 1 aromatic heterocycles. The molecule has 4 nitrogen and oxygen atoms in total. The van der Waals surface area contributed by atoms with Gasteiger partial charge in [0, 0.05) is 36.8 Å². The average molecular weight is 381 g/mol. The van der Waals surface area contributed by atoms with Crippen LogP contribution in [0.1, 0.15) is 34.5 Å². The maximum Gasteiger partial charge on any atom is 0.270 e. The highest BCUT2D eigenvalue weighted by Gasteiger charge is 2.24. The first-order chi connectivity index (χ1) is 14.2. The van der Waals surface area contributed by atoms with Gasteiger partial charge in [-0.25, -0.2) is 0 Å². The van der Waals surface area contributed by atoms with E-state index in [9.17, 15) is 4.79 Å². The molecule has 1 aliphatic heterocycles. The summed E-state index contributed by atoms with van der Waals surface area (Å²) in [6, 6.07) is 22.7. The van der Waals surface area contributed by atoms with E-state index in [1.165, 1.54) is 22.6 Å². The Balaban J connectivity index is 1.68. The lowest BCUT2D eigenvalue weighted by Crippen LogP contribution is -2.29. The third-order valence-corrected chi connectivity index (χ3v) is 5.92. The number of aromatic nitrogens is 1. The van der Waals surface area contributed by atoms with Gasteiger partial charge < -0.3 is 14.9 Å². The number of rotatable bonds is 4. The van der Waals surface area contributed by atoms with Crippen LogP contribution >= 0.6 is 0 Å². The molecule has 2 heterocycles. The number of likely N-dealkylation sites (tertiary alicyclic amines) is 1. The molecule has 0 bridgehead atoms. The second-order valence-corrected chi connectivity index (χ2v) is 7.72. The normalized spacial score (nSPS) is 14.0. The Bertz CT molecular complexity index is 1230. The minimum atomic E-state index is 0.107. The van der Waals surface area contributed by atoms with Gasteiger partial charge in [0.15, 0.2) is 0 Å². The summed E-state index contributed by atoms with van der Waals surface area (Å²) in [7, 11) is 0. The number of hydrogen-bond donors (Lipinski definition) is 1. The van der Waals surface area contributed by atoms with E-state index in [0.29, 0.717) is 6.54 Å². The quantitative estimate of drug-likeness (QED) is 0.493. The first kappa shape index (κ1) is 17.7. The van der Waals surface area contributed by atoms with E-state index in [-0.39, 0.29) is 5.91 Å². The smallest absolute Gasteiger partial charge is 0.270 e. The van der Waals surface area contributed by atoms with Crippen molar-refractivity contribution < 1.29 is 4.79 Å². The molecular weight excluding hydrogens is 358 g/mol. The molecule has 1 aliphatic rings. The van der Waals surface area contributed by atoms with Gasteiger partial charge >= 0.3 is 0 Å². The third kappa shape index (κ3) is 3.11. The van der Waals surface area contributed by atoms with Gasteiger partial charge in [-0.15, -0.1) is 0 Å². The summed E-state index contributed by atoms with van der Waals surface area (Å²) in [5.41, 5.74) is 3.77. The molecule has 0 spiro atoms. The van der Waals surface area contributed by atoms with Crippen LogP contribution in [0.3, 0.4) is 0 Å². The SMILES string of the molecule is N=Cc1ccc2cc(C(=O)N3CCCC3)n(Cc3cccc4ccccc34)c2c1. The highest BCUT2D eigenvalue weighted by atomic mass is 16.2. The van der Waals surface area contributed by atoms with Gasteiger partial charge in [-0.3, -0.25) is 4.79 Å². The second-order valence-electron chi connectivity index (χ2n) is 7.72. The van der Waals surface area contributed by atoms with Crippen LogP contribution in [0.5, 0.6) is 0 Å². The molecule has 1 fully saturated rings. The van der Waals surface area contributed by atoms with Gasteiger partial charge in [0.1, 0.15) is 5.69 Å². The lowest BCUT2D eigenvalue weighted by atomic mass is 10.0. The van der Waals surface area contributed by atoms with E-state index >= 15 is 0 Å². The summed E-state index contributed by atoms with van der Waals surface area (Å²) in [5, 5.41) is 11.1. The molecule has 3 aromatic carbocycles. The largest absolute Gasteiger partial charge is 0.337 e. The minimum Gasteiger partial charge on any atom is -0.337 e. The maximum atomic E-state index is 13.3. The predicted molar refractivity (Wildman–Crippen MR) is 118 cm³/mol. The lowest BCUT2D eigenvalue weighted by Gasteiger charge is -2.18. The van der Waals surface area contributed by atoms with Gasteiger partial charge in [0.25, 0.3) is 5.91 Å². The van der Waals surface area contributed by atoms with Crippen LogP contribution < -0.4 is 0 Å². The highest BCUT2D eigenvalue weighted by molar-refractivity contribution is 6.00. The molecule has 0 saturated carbocycles. The fourth-order valence-corrected chi connectivity index (χ4v) is 4.39. The van der Waals surface area contributed by atoms with E-state index in [4.69, 9.17) is 5.41 Å². The lowest BCUT2D eigenvalue weighted by molar-refractivity contribution is 0.0783. The molecule has 29 heavy (non-hydrogen) atoms. The second kappa shape index (κ2) is 7.21. The highest BCUT2D eigenvalue weighted by Crippen LogP contribution is 2.27. The van der Waals surface area contributed by atoms with Gasteiger partial charge in [0.05, 0.1) is 0 Å². The molecule has 4 heteroatoms. The number of nitrogens with zero attached hydrogens (tertiary/aromatic N) is 2. The summed E-state index contributed by atoms with van der Waals surface area (Å²) in [5.74, 6) is 0.107. The molecule has 0 unspecified atom stereocenters. The van der Waals surface area contributed by atoms with Crippen LogP contribution in [0.15, 0.2) is 66.7 Å². The van der Waals surface area contributed by atoms with E-state index in [1.54, 1.807) is 0 Å². The van der Waals surface area contributed by atoms with E-state index in [2.05, 4.69) is 47.0 Å². The number of hydrogen-bond acceptors (Lipinski definition) is 2. The molecule has 0 aliphatic carbocycles. The van der Waals surface area contributed by atoms with Crippen molar-refractivity contribution in [2.24, 2.45) is 0 Å². The van der Waals surface area contributed by atoms with Gasteiger partial charge in [0.2, 0.25) is 0 Å². The Labute approximate surface area is 169 Å². The predicted octanol–water partition coefficient (Wildman–Crippen LogP) is 5.08. The van der Waals surface area contributed by atoms with Crippen LogP contribution in [0.4, 0.5) is 0 Å². The fourth-order valence-electron chi connectivity index (χ4n) is 4.39. The monoisotopic (exact) mass is 381 g/mol. The van der Waals surface area contributed by atoms with E-state index in [1.807, 2.05) is 29.2 Å². The van der Waals surface area contributed by atoms with Crippen molar-refractivity contribution in [3.63, 3.8) is 0 Å². The number of carbonyl (C=O) groups excluding carboxylic acids is 1. The molecule has 1 amide bonds. The van der Waals surface area contributed by atoms with Crippen molar-refractivity contribution in [3.8, 4) is 0 Å². The molecule has 1 N–H and O–H groups in total. The molecular formula is C25H23N3O. The number of fused-ring (bicyclic) bond motifs is 2. The molecule has 4 aromatic rings. The van der Waals surface area contributed by atoms with Gasteiger partial charge in [-0.1, -0.05) is 54.6 Å². The summed E-state index contributed by atoms with van der Waals surface area (Å²) in [6.45, 7) is 2.29. The maximum absolute atomic E-state index is 13.3. The summed E-state index contributed by atoms with van der Waals surface area (Å²) >= 11 is 0. The van der Waals surface area contributed by atoms with E-state index in [0.717, 1.165) is 48.1 Å². The van der Waals surface area contributed by atoms with E-state index < -0.39 is 0 Å². The van der Waals surface area contributed by atoms with Crippen molar-refractivity contribution in [3.05, 3.63) is 83.6 Å². The van der Waals surface area contributed by atoms with Crippen LogP contribution in [0, 0.1) is 5.41 Å².